The van der Waals surface area contributed by atoms with Crippen molar-refractivity contribution in [2.24, 2.45) is 0 Å². The predicted molar refractivity (Wildman–Crippen MR) is 85.9 cm³/mol. The smallest absolute Gasteiger partial charge is 0.337 e. The Morgan fingerprint density at radius 3 is 2.71 bits per heavy atom. The van der Waals surface area contributed by atoms with Gasteiger partial charge in [-0.2, -0.15) is 0 Å². The Labute approximate surface area is 134 Å². The molecule has 2 aromatic carbocycles. The number of carbonyl (C=O) groups excluding carboxylic acids is 1. The number of nitrogens with two attached hydrogens (primary N) is 1. The highest BCUT2D eigenvalue weighted by molar-refractivity contribution is 9.10. The van der Waals surface area contributed by atoms with Crippen LogP contribution in [0.25, 0.3) is 0 Å². The van der Waals surface area contributed by atoms with Crippen molar-refractivity contribution in [2.45, 2.75) is 10.6 Å². The second kappa shape index (κ2) is 6.95. The van der Waals surface area contributed by atoms with E-state index in [4.69, 9.17) is 5.73 Å². The molecule has 2 rings (SSSR count). The van der Waals surface area contributed by atoms with Crippen LogP contribution in [0.2, 0.25) is 0 Å². The van der Waals surface area contributed by atoms with E-state index in [9.17, 15) is 9.18 Å². The molecule has 0 spiro atoms. The van der Waals surface area contributed by atoms with Crippen LogP contribution in [0.1, 0.15) is 15.9 Å². The summed E-state index contributed by atoms with van der Waals surface area (Å²) < 4.78 is 18.8. The number of rotatable bonds is 4. The molecule has 0 aromatic heterocycles. The van der Waals surface area contributed by atoms with E-state index in [0.29, 0.717) is 11.3 Å². The number of anilines is 1. The first-order valence-electron chi connectivity index (χ1n) is 6.06. The summed E-state index contributed by atoms with van der Waals surface area (Å²) >= 11 is 4.92. The maximum absolute atomic E-state index is 13.4. The third-order valence-electron chi connectivity index (χ3n) is 2.84. The van der Waals surface area contributed by atoms with Gasteiger partial charge in [-0.15, -0.1) is 11.8 Å². The van der Waals surface area contributed by atoms with Gasteiger partial charge in [0.15, 0.2) is 0 Å². The van der Waals surface area contributed by atoms with Crippen molar-refractivity contribution < 1.29 is 13.9 Å². The summed E-state index contributed by atoms with van der Waals surface area (Å²) in [6.07, 6.45) is 0. The van der Waals surface area contributed by atoms with E-state index in [1.165, 1.54) is 24.9 Å². The molecule has 0 saturated heterocycles. The minimum atomic E-state index is -0.417. The molecule has 0 aliphatic carbocycles. The summed E-state index contributed by atoms with van der Waals surface area (Å²) in [6, 6.07) is 10.0. The summed E-state index contributed by atoms with van der Waals surface area (Å²) in [5, 5.41) is 0. The molecule has 2 N–H and O–H groups in total. The number of esters is 1. The Hall–Kier alpha value is -1.53. The zero-order chi connectivity index (χ0) is 15.4. The first-order chi connectivity index (χ1) is 10.0. The fourth-order valence-corrected chi connectivity index (χ4v) is 3.30. The highest BCUT2D eigenvalue weighted by atomic mass is 79.9. The number of ether oxygens (including phenoxy) is 1. The number of hydrogen-bond donors (Lipinski definition) is 1. The molecule has 0 aliphatic heterocycles. The van der Waals surface area contributed by atoms with Crippen LogP contribution < -0.4 is 5.73 Å². The molecule has 110 valence electrons. The maximum Gasteiger partial charge on any atom is 0.337 e. The van der Waals surface area contributed by atoms with Gasteiger partial charge >= 0.3 is 5.97 Å². The van der Waals surface area contributed by atoms with Crippen molar-refractivity contribution >= 4 is 39.3 Å². The van der Waals surface area contributed by atoms with Gasteiger partial charge in [-0.3, -0.25) is 0 Å². The van der Waals surface area contributed by atoms with Gasteiger partial charge in [0.1, 0.15) is 5.82 Å². The molecule has 0 aliphatic rings. The zero-order valence-electron chi connectivity index (χ0n) is 11.2. The molecule has 0 saturated carbocycles. The second-order valence-electron chi connectivity index (χ2n) is 4.27. The molecule has 2 aromatic rings. The Kier molecular flexibility index (Phi) is 5.25. The molecule has 0 unspecified atom stereocenters. The van der Waals surface area contributed by atoms with Crippen LogP contribution in [0.5, 0.6) is 0 Å². The summed E-state index contributed by atoms with van der Waals surface area (Å²) in [7, 11) is 1.34. The number of methoxy groups -OCH3 is 1. The summed E-state index contributed by atoms with van der Waals surface area (Å²) in [4.78, 5) is 12.2. The minimum Gasteiger partial charge on any atom is -0.465 e. The van der Waals surface area contributed by atoms with E-state index in [2.05, 4.69) is 20.7 Å². The Morgan fingerprint density at radius 1 is 1.33 bits per heavy atom. The standard InChI is InChI=1S/C15H13BrFNO2S/c1-20-15(19)9-2-3-10(12(16)6-9)8-21-11-4-5-14(18)13(17)7-11/h2-7H,8,18H2,1H3. The lowest BCUT2D eigenvalue weighted by Crippen LogP contribution is -2.01. The average Bonchev–Trinajstić information content (AvgIpc) is 2.48. The van der Waals surface area contributed by atoms with Gasteiger partial charge in [0.25, 0.3) is 0 Å². The molecular formula is C15H13BrFNO2S. The normalized spacial score (nSPS) is 10.4. The van der Waals surface area contributed by atoms with E-state index < -0.39 is 5.82 Å². The van der Waals surface area contributed by atoms with Crippen LogP contribution >= 0.6 is 27.7 Å². The summed E-state index contributed by atoms with van der Waals surface area (Å²) in [5.41, 5.74) is 7.07. The molecule has 0 heterocycles. The Balaban J connectivity index is 2.09. The average molecular weight is 370 g/mol. The highest BCUT2D eigenvalue weighted by Crippen LogP contribution is 2.29. The topological polar surface area (TPSA) is 52.3 Å². The lowest BCUT2D eigenvalue weighted by atomic mass is 10.1. The fraction of sp³-hybridized carbons (Fsp3) is 0.133. The van der Waals surface area contributed by atoms with Gasteiger partial charge in [0.2, 0.25) is 0 Å². The zero-order valence-corrected chi connectivity index (χ0v) is 13.6. The van der Waals surface area contributed by atoms with E-state index in [-0.39, 0.29) is 11.7 Å². The van der Waals surface area contributed by atoms with Crippen LogP contribution in [0.15, 0.2) is 45.8 Å². The summed E-state index contributed by atoms with van der Waals surface area (Å²) in [5.74, 6) is -0.151. The van der Waals surface area contributed by atoms with Crippen molar-refractivity contribution in [2.75, 3.05) is 12.8 Å². The minimum absolute atomic E-state index is 0.142. The lowest BCUT2D eigenvalue weighted by molar-refractivity contribution is 0.0600. The van der Waals surface area contributed by atoms with Crippen LogP contribution in [0.4, 0.5) is 10.1 Å². The molecule has 0 fully saturated rings. The van der Waals surface area contributed by atoms with E-state index in [0.717, 1.165) is 14.9 Å². The number of hydrogen-bond acceptors (Lipinski definition) is 4. The van der Waals surface area contributed by atoms with Gasteiger partial charge in [-0.05, 0) is 35.9 Å². The SMILES string of the molecule is COC(=O)c1ccc(CSc2ccc(N)c(F)c2)c(Br)c1. The fourth-order valence-electron chi connectivity index (χ4n) is 1.67. The largest absolute Gasteiger partial charge is 0.465 e. The molecule has 0 radical (unpaired) electrons. The lowest BCUT2D eigenvalue weighted by Gasteiger charge is -2.07. The van der Waals surface area contributed by atoms with E-state index in [1.54, 1.807) is 24.3 Å². The number of halogens is 2. The van der Waals surface area contributed by atoms with Crippen LogP contribution in [-0.4, -0.2) is 13.1 Å². The second-order valence-corrected chi connectivity index (χ2v) is 6.17. The number of nitrogen functional groups attached to an aromatic ring is 1. The predicted octanol–water partition coefficient (Wildman–Crippen LogP) is 4.25. The van der Waals surface area contributed by atoms with Crippen LogP contribution in [0.3, 0.4) is 0 Å². The monoisotopic (exact) mass is 369 g/mol. The van der Waals surface area contributed by atoms with Gasteiger partial charge in [-0.1, -0.05) is 22.0 Å². The Morgan fingerprint density at radius 2 is 2.10 bits per heavy atom. The molecule has 0 amide bonds. The van der Waals surface area contributed by atoms with Crippen molar-refractivity contribution in [3.05, 3.63) is 57.8 Å². The van der Waals surface area contributed by atoms with Gasteiger partial charge in [-0.25, -0.2) is 9.18 Å². The highest BCUT2D eigenvalue weighted by Gasteiger charge is 2.09. The molecule has 6 heteroatoms. The quantitative estimate of drug-likeness (QED) is 0.497. The molecule has 3 nitrogen and oxygen atoms in total. The van der Waals surface area contributed by atoms with Crippen molar-refractivity contribution in [3.63, 3.8) is 0 Å². The van der Waals surface area contributed by atoms with Gasteiger partial charge in [0, 0.05) is 15.1 Å². The van der Waals surface area contributed by atoms with E-state index >= 15 is 0 Å². The first-order valence-corrected chi connectivity index (χ1v) is 7.83. The van der Waals surface area contributed by atoms with Crippen LogP contribution in [-0.2, 0) is 10.5 Å². The molecule has 0 bridgehead atoms. The van der Waals surface area contributed by atoms with Crippen LogP contribution in [0, 0.1) is 5.82 Å². The first kappa shape index (κ1) is 15.9. The molecule has 21 heavy (non-hydrogen) atoms. The van der Waals surface area contributed by atoms with Crippen molar-refractivity contribution in [3.8, 4) is 0 Å². The third kappa shape index (κ3) is 3.98. The summed E-state index contributed by atoms with van der Waals surface area (Å²) in [6.45, 7) is 0. The van der Waals surface area contributed by atoms with E-state index in [1.807, 2.05) is 6.07 Å². The van der Waals surface area contributed by atoms with Gasteiger partial charge < -0.3 is 10.5 Å². The number of benzene rings is 2. The Bertz CT molecular complexity index is 679. The number of thioether (sulfide) groups is 1. The van der Waals surface area contributed by atoms with Crippen molar-refractivity contribution in [1.29, 1.82) is 0 Å². The van der Waals surface area contributed by atoms with Gasteiger partial charge in [0.05, 0.1) is 18.4 Å². The maximum atomic E-state index is 13.4. The number of carbonyl (C=O) groups is 1. The van der Waals surface area contributed by atoms with Crippen molar-refractivity contribution in [1.82, 2.24) is 0 Å². The molecule has 0 atom stereocenters. The third-order valence-corrected chi connectivity index (χ3v) is 4.62. The molecular weight excluding hydrogens is 357 g/mol.